The van der Waals surface area contributed by atoms with Crippen LogP contribution in [0.25, 0.3) is 0 Å². The Kier molecular flexibility index (Phi) is 7.74. The highest BCUT2D eigenvalue weighted by Gasteiger charge is 2.10. The quantitative estimate of drug-likeness (QED) is 0.691. The monoisotopic (exact) mass is 308 g/mol. The number of rotatable bonds is 8. The first-order chi connectivity index (χ1) is 10.4. The van der Waals surface area contributed by atoms with Crippen LogP contribution in [0.2, 0.25) is 0 Å². The van der Waals surface area contributed by atoms with Gasteiger partial charge in [-0.2, -0.15) is 0 Å². The summed E-state index contributed by atoms with van der Waals surface area (Å²) in [5.74, 6) is 0.823. The molecule has 5 heteroatoms. The molecule has 0 heterocycles. The van der Waals surface area contributed by atoms with Gasteiger partial charge < -0.3 is 20.5 Å². The van der Waals surface area contributed by atoms with Gasteiger partial charge in [0.2, 0.25) is 0 Å². The van der Waals surface area contributed by atoms with Crippen molar-refractivity contribution in [2.45, 2.75) is 58.8 Å². The molecule has 2 amide bonds. The SMILES string of the molecule is CCC(O)CCNC(=O)NC(C)c1ccc(OC(C)C)cc1. The molecule has 0 radical (unpaired) electrons. The molecular weight excluding hydrogens is 280 g/mol. The van der Waals surface area contributed by atoms with Crippen LogP contribution in [-0.4, -0.2) is 29.9 Å². The third-order valence-electron chi connectivity index (χ3n) is 3.33. The zero-order chi connectivity index (χ0) is 16.5. The van der Waals surface area contributed by atoms with E-state index in [-0.39, 0.29) is 24.3 Å². The number of hydrogen-bond donors (Lipinski definition) is 3. The maximum Gasteiger partial charge on any atom is 0.315 e. The first kappa shape index (κ1) is 18.3. The molecule has 0 spiro atoms. The van der Waals surface area contributed by atoms with Gasteiger partial charge in [0.15, 0.2) is 0 Å². The van der Waals surface area contributed by atoms with Gasteiger partial charge in [-0.3, -0.25) is 0 Å². The number of urea groups is 1. The van der Waals surface area contributed by atoms with Crippen molar-refractivity contribution in [2.75, 3.05) is 6.54 Å². The first-order valence-electron chi connectivity index (χ1n) is 7.91. The molecule has 0 aromatic heterocycles. The number of nitrogens with one attached hydrogen (secondary N) is 2. The molecule has 2 atom stereocenters. The standard InChI is InChI=1S/C17H28N2O3/c1-5-15(20)10-11-18-17(21)19-13(4)14-6-8-16(9-7-14)22-12(2)3/h6-9,12-13,15,20H,5,10-11H2,1-4H3,(H2,18,19,21). The molecule has 0 saturated carbocycles. The normalized spacial score (nSPS) is 13.5. The van der Waals surface area contributed by atoms with Crippen LogP contribution in [0, 0.1) is 0 Å². The molecule has 22 heavy (non-hydrogen) atoms. The van der Waals surface area contributed by atoms with E-state index < -0.39 is 0 Å². The van der Waals surface area contributed by atoms with Crippen LogP contribution in [0.5, 0.6) is 5.75 Å². The Labute approximate surface area is 133 Å². The van der Waals surface area contributed by atoms with E-state index in [2.05, 4.69) is 10.6 Å². The van der Waals surface area contributed by atoms with Crippen LogP contribution >= 0.6 is 0 Å². The highest BCUT2D eigenvalue weighted by Crippen LogP contribution is 2.18. The van der Waals surface area contributed by atoms with Crippen molar-refractivity contribution in [1.82, 2.24) is 10.6 Å². The fourth-order valence-electron chi connectivity index (χ4n) is 1.99. The van der Waals surface area contributed by atoms with Crippen molar-refractivity contribution in [1.29, 1.82) is 0 Å². The van der Waals surface area contributed by atoms with Gasteiger partial charge in [-0.25, -0.2) is 4.79 Å². The molecular formula is C17H28N2O3. The van der Waals surface area contributed by atoms with Crippen LogP contribution in [0.1, 0.15) is 52.1 Å². The van der Waals surface area contributed by atoms with Gasteiger partial charge in [0.1, 0.15) is 5.75 Å². The summed E-state index contributed by atoms with van der Waals surface area (Å²) in [6.07, 6.45) is 1.06. The molecule has 0 fully saturated rings. The van der Waals surface area contributed by atoms with Gasteiger partial charge in [0, 0.05) is 6.54 Å². The Morgan fingerprint density at radius 1 is 1.23 bits per heavy atom. The summed E-state index contributed by atoms with van der Waals surface area (Å²) < 4.78 is 5.59. The number of carbonyl (C=O) groups excluding carboxylic acids is 1. The Morgan fingerprint density at radius 2 is 1.86 bits per heavy atom. The largest absolute Gasteiger partial charge is 0.491 e. The number of hydrogen-bond acceptors (Lipinski definition) is 3. The molecule has 1 aromatic carbocycles. The Bertz CT molecular complexity index is 446. The van der Waals surface area contributed by atoms with Gasteiger partial charge in [-0.15, -0.1) is 0 Å². The van der Waals surface area contributed by atoms with E-state index in [0.29, 0.717) is 19.4 Å². The lowest BCUT2D eigenvalue weighted by Gasteiger charge is -2.16. The molecule has 1 rings (SSSR count). The predicted octanol–water partition coefficient (Wildman–Crippen LogP) is 3.00. The Balaban J connectivity index is 2.40. The van der Waals surface area contributed by atoms with E-state index in [1.54, 1.807) is 0 Å². The smallest absolute Gasteiger partial charge is 0.315 e. The summed E-state index contributed by atoms with van der Waals surface area (Å²) in [5.41, 5.74) is 1.01. The number of carbonyl (C=O) groups is 1. The molecule has 0 aliphatic heterocycles. The second-order valence-electron chi connectivity index (χ2n) is 5.71. The van der Waals surface area contributed by atoms with Crippen molar-refractivity contribution in [3.63, 3.8) is 0 Å². The van der Waals surface area contributed by atoms with Crippen LogP contribution in [0.15, 0.2) is 24.3 Å². The van der Waals surface area contributed by atoms with Gasteiger partial charge in [-0.1, -0.05) is 19.1 Å². The lowest BCUT2D eigenvalue weighted by atomic mass is 10.1. The van der Waals surface area contributed by atoms with Gasteiger partial charge in [0.25, 0.3) is 0 Å². The summed E-state index contributed by atoms with van der Waals surface area (Å²) in [6, 6.07) is 7.39. The minimum atomic E-state index is -0.355. The maximum atomic E-state index is 11.8. The van der Waals surface area contributed by atoms with E-state index in [1.165, 1.54) is 0 Å². The second kappa shape index (κ2) is 9.30. The van der Waals surface area contributed by atoms with Gasteiger partial charge in [0.05, 0.1) is 18.2 Å². The lowest BCUT2D eigenvalue weighted by Crippen LogP contribution is -2.38. The average molecular weight is 308 g/mol. The van der Waals surface area contributed by atoms with E-state index in [0.717, 1.165) is 11.3 Å². The molecule has 5 nitrogen and oxygen atoms in total. The first-order valence-corrected chi connectivity index (χ1v) is 7.91. The number of aliphatic hydroxyl groups excluding tert-OH is 1. The van der Waals surface area contributed by atoms with Crippen molar-refractivity contribution in [3.8, 4) is 5.75 Å². The minimum Gasteiger partial charge on any atom is -0.491 e. The van der Waals surface area contributed by atoms with Gasteiger partial charge in [-0.05, 0) is 51.3 Å². The van der Waals surface area contributed by atoms with E-state index in [1.807, 2.05) is 52.0 Å². The Hall–Kier alpha value is -1.75. The fraction of sp³-hybridized carbons (Fsp3) is 0.588. The maximum absolute atomic E-state index is 11.8. The van der Waals surface area contributed by atoms with E-state index in [9.17, 15) is 9.90 Å². The van der Waals surface area contributed by atoms with Crippen LogP contribution < -0.4 is 15.4 Å². The number of aliphatic hydroxyl groups is 1. The Morgan fingerprint density at radius 3 is 2.41 bits per heavy atom. The summed E-state index contributed by atoms with van der Waals surface area (Å²) in [7, 11) is 0. The molecule has 0 aliphatic rings. The van der Waals surface area contributed by atoms with Crippen LogP contribution in [0.4, 0.5) is 4.79 Å². The second-order valence-corrected chi connectivity index (χ2v) is 5.71. The molecule has 1 aromatic rings. The molecule has 124 valence electrons. The minimum absolute atomic E-state index is 0.0933. The summed E-state index contributed by atoms with van der Waals surface area (Å²) in [5, 5.41) is 15.1. The highest BCUT2D eigenvalue weighted by molar-refractivity contribution is 5.74. The zero-order valence-electron chi connectivity index (χ0n) is 13.9. The van der Waals surface area contributed by atoms with E-state index >= 15 is 0 Å². The van der Waals surface area contributed by atoms with Crippen LogP contribution in [-0.2, 0) is 0 Å². The number of amides is 2. The highest BCUT2D eigenvalue weighted by atomic mass is 16.5. The molecule has 0 bridgehead atoms. The van der Waals surface area contributed by atoms with Crippen molar-refractivity contribution < 1.29 is 14.6 Å². The molecule has 3 N–H and O–H groups in total. The third-order valence-corrected chi connectivity index (χ3v) is 3.33. The topological polar surface area (TPSA) is 70.6 Å². The number of ether oxygens (including phenoxy) is 1. The van der Waals surface area contributed by atoms with Gasteiger partial charge >= 0.3 is 6.03 Å². The van der Waals surface area contributed by atoms with Crippen molar-refractivity contribution >= 4 is 6.03 Å². The summed E-state index contributed by atoms with van der Waals surface area (Å²) in [6.45, 7) is 8.28. The summed E-state index contributed by atoms with van der Waals surface area (Å²) >= 11 is 0. The lowest BCUT2D eigenvalue weighted by molar-refractivity contribution is 0.160. The van der Waals surface area contributed by atoms with E-state index in [4.69, 9.17) is 4.74 Å². The molecule has 0 saturated heterocycles. The zero-order valence-corrected chi connectivity index (χ0v) is 13.9. The predicted molar refractivity (Wildman–Crippen MR) is 88.1 cm³/mol. The summed E-state index contributed by atoms with van der Waals surface area (Å²) in [4.78, 5) is 11.8. The third kappa shape index (κ3) is 6.80. The molecule has 0 aliphatic carbocycles. The van der Waals surface area contributed by atoms with Crippen molar-refractivity contribution in [3.05, 3.63) is 29.8 Å². The van der Waals surface area contributed by atoms with Crippen molar-refractivity contribution in [2.24, 2.45) is 0 Å². The average Bonchev–Trinajstić information content (AvgIpc) is 2.47. The number of benzene rings is 1. The van der Waals surface area contributed by atoms with Crippen LogP contribution in [0.3, 0.4) is 0 Å². The fourth-order valence-corrected chi connectivity index (χ4v) is 1.99. The molecule has 2 unspecified atom stereocenters.